The first-order chi connectivity index (χ1) is 17.3. The standard InChI is InChI=1S/C28H30N2O6.Na/c1-18-15-24(34-14-13-19(2)31)11-12-25(18)26-6-4-5-22(20(26)3)17-35-23-9-7-21(8-10-23)16-30-27(32)29-28(33)36-30;/h4-12,15,19,31H,13-14,16-17H2,1-3H3,(H,29,32,33);/q;+1/p-1/t19-;/m0./s1. The molecule has 37 heavy (non-hydrogen) atoms. The minimum atomic E-state index is -0.898. The van der Waals surface area contributed by atoms with Gasteiger partial charge >= 0.3 is 35.3 Å². The maximum Gasteiger partial charge on any atom is 1.00 e. The molecule has 1 atom stereocenters. The van der Waals surface area contributed by atoms with Gasteiger partial charge in [0, 0.05) is 13.0 Å². The summed E-state index contributed by atoms with van der Waals surface area (Å²) in [4.78, 5) is 25.8. The first-order valence-corrected chi connectivity index (χ1v) is 11.8. The van der Waals surface area contributed by atoms with Crippen molar-refractivity contribution in [1.82, 2.24) is 9.72 Å². The maximum absolute atomic E-state index is 11.6. The SMILES string of the molecule is Cc1cc(OCC[C@H](C)O)ccc1-c1cccc(COc2ccc(Cn3oc(=O)[n-]c3=O)cc2)c1C.[Na+]. The van der Waals surface area contributed by atoms with Crippen LogP contribution in [0.5, 0.6) is 11.5 Å². The van der Waals surface area contributed by atoms with Crippen molar-refractivity contribution in [2.45, 2.75) is 46.4 Å². The molecule has 0 fully saturated rings. The van der Waals surface area contributed by atoms with Crippen molar-refractivity contribution in [3.8, 4) is 22.6 Å². The Labute approximate surface area is 237 Å². The molecule has 188 valence electrons. The summed E-state index contributed by atoms with van der Waals surface area (Å²) in [5, 5.41) is 9.41. The van der Waals surface area contributed by atoms with E-state index in [9.17, 15) is 14.7 Å². The third-order valence-electron chi connectivity index (χ3n) is 5.97. The van der Waals surface area contributed by atoms with Gasteiger partial charge in [-0.25, -0.2) is 4.79 Å². The zero-order valence-electron chi connectivity index (χ0n) is 21.6. The fourth-order valence-corrected chi connectivity index (χ4v) is 3.91. The predicted molar refractivity (Wildman–Crippen MR) is 136 cm³/mol. The minimum absolute atomic E-state index is 0. The summed E-state index contributed by atoms with van der Waals surface area (Å²) in [5.41, 5.74) is 5.66. The van der Waals surface area contributed by atoms with Gasteiger partial charge in [-0.05, 0) is 78.4 Å². The van der Waals surface area contributed by atoms with E-state index in [4.69, 9.17) is 14.0 Å². The number of nitrogens with zero attached hydrogens (tertiary/aromatic N) is 2. The summed E-state index contributed by atoms with van der Waals surface area (Å²) < 4.78 is 17.4. The number of hydrogen-bond acceptors (Lipinski definition) is 6. The molecule has 0 unspecified atom stereocenters. The molecule has 0 amide bonds. The van der Waals surface area contributed by atoms with Crippen LogP contribution in [-0.2, 0) is 13.2 Å². The number of aryl methyl sites for hydroxylation is 1. The van der Waals surface area contributed by atoms with Gasteiger partial charge in [0.1, 0.15) is 18.1 Å². The van der Waals surface area contributed by atoms with Gasteiger partial charge in [0.15, 0.2) is 5.69 Å². The van der Waals surface area contributed by atoms with Gasteiger partial charge in [0.05, 0.1) is 12.7 Å². The van der Waals surface area contributed by atoms with Crippen molar-refractivity contribution < 1.29 is 48.7 Å². The van der Waals surface area contributed by atoms with Crippen LogP contribution < -0.4 is 55.5 Å². The number of aromatic nitrogens is 2. The molecule has 8 nitrogen and oxygen atoms in total. The fourth-order valence-electron chi connectivity index (χ4n) is 3.91. The molecule has 4 rings (SSSR count). The van der Waals surface area contributed by atoms with Crippen molar-refractivity contribution in [1.29, 1.82) is 0 Å². The largest absolute Gasteiger partial charge is 1.00 e. The predicted octanol–water partition coefficient (Wildman–Crippen LogP) is 0.824. The van der Waals surface area contributed by atoms with Gasteiger partial charge in [-0.3, -0.25) is 9.53 Å². The van der Waals surface area contributed by atoms with Gasteiger partial charge in [-0.2, -0.15) is 0 Å². The number of aliphatic hydroxyl groups is 1. The smallest absolute Gasteiger partial charge is 0.493 e. The molecule has 0 aliphatic heterocycles. The van der Waals surface area contributed by atoms with E-state index in [1.165, 1.54) is 0 Å². The third kappa shape index (κ3) is 7.49. The van der Waals surface area contributed by atoms with E-state index in [0.717, 1.165) is 43.9 Å². The Morgan fingerprint density at radius 1 is 0.973 bits per heavy atom. The number of benzene rings is 3. The van der Waals surface area contributed by atoms with Crippen LogP contribution >= 0.6 is 0 Å². The van der Waals surface area contributed by atoms with Crippen LogP contribution in [0.2, 0.25) is 0 Å². The number of hydrogen-bond donors (Lipinski definition) is 1. The molecule has 1 N–H and O–H groups in total. The van der Waals surface area contributed by atoms with Crippen molar-refractivity contribution in [3.05, 3.63) is 104 Å². The van der Waals surface area contributed by atoms with Crippen LogP contribution in [0.3, 0.4) is 0 Å². The average molecular weight is 513 g/mol. The normalized spacial score (nSPS) is 11.6. The Morgan fingerprint density at radius 3 is 2.35 bits per heavy atom. The van der Waals surface area contributed by atoms with E-state index in [1.807, 2.05) is 48.5 Å². The maximum atomic E-state index is 11.6. The quantitative estimate of drug-likeness (QED) is 0.314. The van der Waals surface area contributed by atoms with Gasteiger partial charge in [0.25, 0.3) is 0 Å². The first kappa shape index (κ1) is 28.5. The third-order valence-corrected chi connectivity index (χ3v) is 5.97. The number of aliphatic hydroxyl groups excluding tert-OH is 1. The molecule has 0 bridgehead atoms. The van der Waals surface area contributed by atoms with Crippen LogP contribution in [0.15, 0.2) is 74.8 Å². The number of ether oxygens (including phenoxy) is 2. The summed E-state index contributed by atoms with van der Waals surface area (Å²) in [7, 11) is 0. The molecule has 1 heterocycles. The molecular formula is C28H29N2NaO6. The van der Waals surface area contributed by atoms with Gasteiger partial charge in [-0.15, -0.1) is 0 Å². The minimum Gasteiger partial charge on any atom is -0.493 e. The zero-order valence-corrected chi connectivity index (χ0v) is 23.6. The number of rotatable bonds is 10. The van der Waals surface area contributed by atoms with Crippen LogP contribution in [0, 0.1) is 13.8 Å². The van der Waals surface area contributed by atoms with Crippen LogP contribution in [0.1, 0.15) is 35.6 Å². The monoisotopic (exact) mass is 512 g/mol. The van der Waals surface area contributed by atoms with Gasteiger partial charge in [-0.1, -0.05) is 36.4 Å². The Balaban J connectivity index is 0.00000380. The molecule has 1 aromatic heterocycles. The Hall–Kier alpha value is -3.04. The molecule has 0 spiro atoms. The van der Waals surface area contributed by atoms with Crippen LogP contribution in [0.25, 0.3) is 11.1 Å². The average Bonchev–Trinajstić information content (AvgIpc) is 3.16. The van der Waals surface area contributed by atoms with Crippen LogP contribution in [-0.4, -0.2) is 22.6 Å². The summed E-state index contributed by atoms with van der Waals surface area (Å²) in [5.74, 6) is 0.580. The Kier molecular flexibility index (Phi) is 10.00. The summed E-state index contributed by atoms with van der Waals surface area (Å²) >= 11 is 0. The van der Waals surface area contributed by atoms with E-state index >= 15 is 0 Å². The van der Waals surface area contributed by atoms with Crippen molar-refractivity contribution >= 4 is 0 Å². The molecule has 0 saturated heterocycles. The Bertz CT molecular complexity index is 1440. The second-order valence-corrected chi connectivity index (χ2v) is 8.77. The van der Waals surface area contributed by atoms with Gasteiger partial charge in [0.2, 0.25) is 0 Å². The first-order valence-electron chi connectivity index (χ1n) is 11.8. The molecule has 0 radical (unpaired) electrons. The van der Waals surface area contributed by atoms with E-state index in [1.54, 1.807) is 6.92 Å². The zero-order chi connectivity index (χ0) is 25.7. The second-order valence-electron chi connectivity index (χ2n) is 8.77. The molecule has 0 aliphatic rings. The molecule has 0 saturated carbocycles. The van der Waals surface area contributed by atoms with Crippen molar-refractivity contribution in [2.24, 2.45) is 0 Å². The summed E-state index contributed by atoms with van der Waals surface area (Å²) in [6.45, 7) is 6.90. The van der Waals surface area contributed by atoms with Crippen molar-refractivity contribution in [3.63, 3.8) is 0 Å². The van der Waals surface area contributed by atoms with Crippen LogP contribution in [0.4, 0.5) is 0 Å². The van der Waals surface area contributed by atoms with Gasteiger partial charge < -0.3 is 24.1 Å². The van der Waals surface area contributed by atoms with E-state index < -0.39 is 11.4 Å². The summed E-state index contributed by atoms with van der Waals surface area (Å²) in [6.07, 6.45) is 0.212. The molecule has 4 aromatic rings. The Morgan fingerprint density at radius 2 is 1.70 bits per heavy atom. The van der Waals surface area contributed by atoms with E-state index in [0.29, 0.717) is 25.4 Å². The van der Waals surface area contributed by atoms with Crippen molar-refractivity contribution in [2.75, 3.05) is 6.61 Å². The molecular weight excluding hydrogens is 483 g/mol. The fraction of sp³-hybridized carbons (Fsp3) is 0.286. The van der Waals surface area contributed by atoms with E-state index in [2.05, 4.69) is 31.0 Å². The topological polar surface area (TPSA) is 105 Å². The molecule has 3 aromatic carbocycles. The molecule has 9 heteroatoms. The molecule has 0 aliphatic carbocycles. The second kappa shape index (κ2) is 13.0. The summed E-state index contributed by atoms with van der Waals surface area (Å²) in [6, 6.07) is 19.5. The van der Waals surface area contributed by atoms with E-state index in [-0.39, 0.29) is 42.2 Å².